The molecule has 22 heavy (non-hydrogen) atoms. The van der Waals surface area contributed by atoms with E-state index in [0.717, 1.165) is 24.9 Å². The van der Waals surface area contributed by atoms with Crippen molar-refractivity contribution in [3.8, 4) is 5.75 Å². The van der Waals surface area contributed by atoms with Crippen LogP contribution in [0, 0.1) is 5.92 Å². The minimum atomic E-state index is 0.538. The third kappa shape index (κ3) is 5.58. The predicted octanol–water partition coefficient (Wildman–Crippen LogP) is 3.33. The van der Waals surface area contributed by atoms with Crippen molar-refractivity contribution in [3.63, 3.8) is 0 Å². The van der Waals surface area contributed by atoms with Crippen LogP contribution >= 0.6 is 0 Å². The summed E-state index contributed by atoms with van der Waals surface area (Å²) in [5, 5.41) is 6.89. The van der Waals surface area contributed by atoms with Crippen molar-refractivity contribution in [2.45, 2.75) is 52.1 Å². The van der Waals surface area contributed by atoms with Crippen molar-refractivity contribution >= 4 is 5.96 Å². The second-order valence-electron chi connectivity index (χ2n) is 6.40. The average Bonchev–Trinajstić information content (AvgIpc) is 3.03. The van der Waals surface area contributed by atoms with E-state index in [9.17, 15) is 0 Å². The number of hydrogen-bond donors (Lipinski definition) is 2. The van der Waals surface area contributed by atoms with E-state index in [0.29, 0.717) is 12.0 Å². The van der Waals surface area contributed by atoms with Crippen molar-refractivity contribution in [2.75, 3.05) is 13.7 Å². The summed E-state index contributed by atoms with van der Waals surface area (Å²) < 4.78 is 5.78. The second-order valence-corrected chi connectivity index (χ2v) is 6.40. The minimum absolute atomic E-state index is 0.538. The molecule has 1 aromatic rings. The topological polar surface area (TPSA) is 45.7 Å². The number of rotatable bonds is 6. The highest BCUT2D eigenvalue weighted by molar-refractivity contribution is 5.79. The van der Waals surface area contributed by atoms with Crippen molar-refractivity contribution in [1.82, 2.24) is 10.6 Å². The molecule has 0 aromatic heterocycles. The van der Waals surface area contributed by atoms with Crippen LogP contribution in [-0.4, -0.2) is 25.7 Å². The molecule has 0 atom stereocenters. The quantitative estimate of drug-likeness (QED) is 0.626. The van der Waals surface area contributed by atoms with Crippen LogP contribution in [-0.2, 0) is 6.54 Å². The van der Waals surface area contributed by atoms with Crippen LogP contribution < -0.4 is 15.4 Å². The first kappa shape index (κ1) is 16.7. The van der Waals surface area contributed by atoms with E-state index >= 15 is 0 Å². The fraction of sp³-hybridized carbons (Fsp3) is 0.611. The molecule has 0 heterocycles. The van der Waals surface area contributed by atoms with Gasteiger partial charge in [0.1, 0.15) is 5.75 Å². The first-order valence-electron chi connectivity index (χ1n) is 8.36. The Balaban J connectivity index is 1.83. The maximum atomic E-state index is 5.78. The standard InChI is InChI=1S/C18H29N3O/c1-14(2)13-22-17-10-6-7-15(11-17)12-20-18(19-3)21-16-8-4-5-9-16/h6-7,10-11,14,16H,4-5,8-9,12-13H2,1-3H3,(H2,19,20,21). The average molecular weight is 303 g/mol. The summed E-state index contributed by atoms with van der Waals surface area (Å²) in [6.07, 6.45) is 5.15. The number of benzene rings is 1. The minimum Gasteiger partial charge on any atom is -0.493 e. The summed E-state index contributed by atoms with van der Waals surface area (Å²) in [5.74, 6) is 2.36. The van der Waals surface area contributed by atoms with Crippen molar-refractivity contribution in [2.24, 2.45) is 10.9 Å². The number of ether oxygens (including phenoxy) is 1. The van der Waals surface area contributed by atoms with E-state index in [-0.39, 0.29) is 0 Å². The van der Waals surface area contributed by atoms with Gasteiger partial charge in [-0.3, -0.25) is 4.99 Å². The summed E-state index contributed by atoms with van der Waals surface area (Å²) in [7, 11) is 1.83. The zero-order valence-corrected chi connectivity index (χ0v) is 14.1. The van der Waals surface area contributed by atoms with Gasteiger partial charge in [-0.25, -0.2) is 0 Å². The molecule has 1 fully saturated rings. The summed E-state index contributed by atoms with van der Waals surface area (Å²) in [5.41, 5.74) is 1.20. The molecule has 0 spiro atoms. The highest BCUT2D eigenvalue weighted by atomic mass is 16.5. The van der Waals surface area contributed by atoms with Crippen LogP contribution in [0.4, 0.5) is 0 Å². The van der Waals surface area contributed by atoms with Gasteiger partial charge in [0, 0.05) is 19.6 Å². The van der Waals surface area contributed by atoms with Gasteiger partial charge in [0.05, 0.1) is 6.61 Å². The number of guanidine groups is 1. The van der Waals surface area contributed by atoms with E-state index in [1.807, 2.05) is 19.2 Å². The summed E-state index contributed by atoms with van der Waals surface area (Å²) in [6, 6.07) is 8.83. The summed E-state index contributed by atoms with van der Waals surface area (Å²) in [4.78, 5) is 4.31. The molecule has 0 saturated heterocycles. The molecule has 2 N–H and O–H groups in total. The molecule has 0 radical (unpaired) electrons. The predicted molar refractivity (Wildman–Crippen MR) is 92.4 cm³/mol. The van der Waals surface area contributed by atoms with Crippen molar-refractivity contribution in [3.05, 3.63) is 29.8 Å². The normalized spacial score (nSPS) is 16.1. The van der Waals surface area contributed by atoms with Crippen LogP contribution in [0.25, 0.3) is 0 Å². The van der Waals surface area contributed by atoms with E-state index in [1.54, 1.807) is 0 Å². The lowest BCUT2D eigenvalue weighted by Gasteiger charge is -2.17. The lowest BCUT2D eigenvalue weighted by atomic mass is 10.2. The van der Waals surface area contributed by atoms with Gasteiger partial charge in [0.15, 0.2) is 5.96 Å². The van der Waals surface area contributed by atoms with Gasteiger partial charge in [0.2, 0.25) is 0 Å². The lowest BCUT2D eigenvalue weighted by Crippen LogP contribution is -2.41. The molecule has 0 unspecified atom stereocenters. The van der Waals surface area contributed by atoms with Crippen LogP contribution in [0.3, 0.4) is 0 Å². The molecule has 1 aliphatic carbocycles. The Bertz CT molecular complexity index is 479. The Morgan fingerprint density at radius 1 is 1.32 bits per heavy atom. The van der Waals surface area contributed by atoms with Gasteiger partial charge in [-0.2, -0.15) is 0 Å². The van der Waals surface area contributed by atoms with Crippen LogP contribution in [0.15, 0.2) is 29.3 Å². The van der Waals surface area contributed by atoms with Gasteiger partial charge in [-0.15, -0.1) is 0 Å². The molecule has 1 aliphatic rings. The number of nitrogens with one attached hydrogen (secondary N) is 2. The highest BCUT2D eigenvalue weighted by Crippen LogP contribution is 2.17. The van der Waals surface area contributed by atoms with Crippen LogP contribution in [0.5, 0.6) is 5.75 Å². The number of aliphatic imine (C=N–C) groups is 1. The van der Waals surface area contributed by atoms with E-state index in [2.05, 4.69) is 41.6 Å². The molecule has 4 nitrogen and oxygen atoms in total. The third-order valence-electron chi connectivity index (χ3n) is 3.86. The highest BCUT2D eigenvalue weighted by Gasteiger charge is 2.15. The van der Waals surface area contributed by atoms with Gasteiger partial charge in [-0.1, -0.05) is 38.8 Å². The zero-order chi connectivity index (χ0) is 15.8. The molecule has 122 valence electrons. The monoisotopic (exact) mass is 303 g/mol. The first-order valence-corrected chi connectivity index (χ1v) is 8.36. The molecular weight excluding hydrogens is 274 g/mol. The fourth-order valence-electron chi connectivity index (χ4n) is 2.65. The smallest absolute Gasteiger partial charge is 0.191 e. The Labute approximate surface area is 134 Å². The maximum absolute atomic E-state index is 5.78. The van der Waals surface area contributed by atoms with E-state index in [4.69, 9.17) is 4.74 Å². The molecule has 1 aromatic carbocycles. The zero-order valence-electron chi connectivity index (χ0n) is 14.1. The van der Waals surface area contributed by atoms with Gasteiger partial charge < -0.3 is 15.4 Å². The largest absolute Gasteiger partial charge is 0.493 e. The van der Waals surface area contributed by atoms with Crippen molar-refractivity contribution in [1.29, 1.82) is 0 Å². The molecule has 4 heteroatoms. The summed E-state index contributed by atoms with van der Waals surface area (Å²) in [6.45, 7) is 5.82. The van der Waals surface area contributed by atoms with E-state index < -0.39 is 0 Å². The lowest BCUT2D eigenvalue weighted by molar-refractivity contribution is 0.271. The molecule has 0 aliphatic heterocycles. The number of nitrogens with zero attached hydrogens (tertiary/aromatic N) is 1. The molecular formula is C18H29N3O. The first-order chi connectivity index (χ1) is 10.7. The van der Waals surface area contributed by atoms with Gasteiger partial charge in [-0.05, 0) is 36.5 Å². The summed E-state index contributed by atoms with van der Waals surface area (Å²) >= 11 is 0. The maximum Gasteiger partial charge on any atom is 0.191 e. The van der Waals surface area contributed by atoms with Gasteiger partial charge in [0.25, 0.3) is 0 Å². The Morgan fingerprint density at radius 3 is 2.77 bits per heavy atom. The Morgan fingerprint density at radius 2 is 2.09 bits per heavy atom. The number of hydrogen-bond acceptors (Lipinski definition) is 2. The fourth-order valence-corrected chi connectivity index (χ4v) is 2.65. The molecule has 2 rings (SSSR count). The Kier molecular flexibility index (Phi) is 6.56. The second kappa shape index (κ2) is 8.66. The molecule has 1 saturated carbocycles. The van der Waals surface area contributed by atoms with Crippen LogP contribution in [0.2, 0.25) is 0 Å². The van der Waals surface area contributed by atoms with Crippen molar-refractivity contribution < 1.29 is 4.74 Å². The van der Waals surface area contributed by atoms with Gasteiger partial charge >= 0.3 is 0 Å². The Hall–Kier alpha value is -1.71. The molecule has 0 amide bonds. The SMILES string of the molecule is CN=C(NCc1cccc(OCC(C)C)c1)NC1CCCC1. The molecule has 0 bridgehead atoms. The van der Waals surface area contributed by atoms with E-state index in [1.165, 1.54) is 31.2 Å². The third-order valence-corrected chi connectivity index (χ3v) is 3.86. The van der Waals surface area contributed by atoms with Crippen LogP contribution in [0.1, 0.15) is 45.1 Å².